The van der Waals surface area contributed by atoms with Crippen molar-refractivity contribution in [3.63, 3.8) is 0 Å². The third-order valence-corrected chi connectivity index (χ3v) is 1.20. The van der Waals surface area contributed by atoms with E-state index >= 15 is 0 Å². The molecule has 0 saturated heterocycles. The van der Waals surface area contributed by atoms with E-state index in [1.54, 1.807) is 6.07 Å². The summed E-state index contributed by atoms with van der Waals surface area (Å²) in [6, 6.07) is 3.03. The molecule has 1 heterocycles. The van der Waals surface area contributed by atoms with Crippen molar-refractivity contribution >= 4 is 18.0 Å². The number of furan rings is 1. The quantitative estimate of drug-likeness (QED) is 0.536. The number of nitrogens with zero attached hydrogens (tertiary/aromatic N) is 1. The van der Waals surface area contributed by atoms with Gasteiger partial charge in [-0.1, -0.05) is 5.16 Å². The molecule has 73 valence electrons. The smallest absolute Gasteiger partial charge is 0.344 e. The second-order valence-corrected chi connectivity index (χ2v) is 2.19. The third-order valence-electron chi connectivity index (χ3n) is 1.20. The van der Waals surface area contributed by atoms with Crippen LogP contribution in [-0.4, -0.2) is 29.7 Å². The van der Waals surface area contributed by atoms with Crippen LogP contribution in [0.3, 0.4) is 0 Å². The van der Waals surface area contributed by atoms with Crippen LogP contribution in [0, 0.1) is 0 Å². The summed E-state index contributed by atoms with van der Waals surface area (Å²) < 4.78 is 4.82. The molecule has 1 aromatic rings. The van der Waals surface area contributed by atoms with Crippen LogP contribution in [0.5, 0.6) is 0 Å². The summed E-state index contributed by atoms with van der Waals surface area (Å²) in [6.07, 6.45) is 2.81. The van der Waals surface area contributed by atoms with Crippen LogP contribution in [0.2, 0.25) is 0 Å². The Morgan fingerprint density at radius 3 is 3.00 bits per heavy atom. The summed E-state index contributed by atoms with van der Waals surface area (Å²) in [5.74, 6) is -1.01. The second-order valence-electron chi connectivity index (χ2n) is 2.19. The van der Waals surface area contributed by atoms with Gasteiger partial charge in [0.2, 0.25) is 6.61 Å². The second kappa shape index (κ2) is 4.80. The molecule has 0 amide bonds. The molecule has 0 aliphatic rings. The molecule has 1 N–H and O–H groups in total. The van der Waals surface area contributed by atoms with Crippen LogP contribution >= 0.6 is 0 Å². The Bertz CT molecular complexity index is 341. The van der Waals surface area contributed by atoms with E-state index in [0.29, 0.717) is 0 Å². The fourth-order valence-corrected chi connectivity index (χ4v) is 0.679. The van der Waals surface area contributed by atoms with Gasteiger partial charge < -0.3 is 14.4 Å². The highest BCUT2D eigenvalue weighted by Gasteiger charge is 2.07. The summed E-state index contributed by atoms with van der Waals surface area (Å²) >= 11 is 0. The lowest BCUT2D eigenvalue weighted by molar-refractivity contribution is -0.142. The normalized spacial score (nSPS) is 11.0. The van der Waals surface area contributed by atoms with Crippen LogP contribution < -0.4 is 0 Å². The molecular weight excluding hydrogens is 190 g/mol. The lowest BCUT2D eigenvalue weighted by Gasteiger charge is -1.94. The maximum absolute atomic E-state index is 10.3. The standard InChI is InChI=1S/C8H6NO5/c10-4-6(7-2-1-3-13-7)9-14-5-8(11)12/h1-3H,5H2,(H,11,12). The number of carbonyl (C=O) groups is 1. The number of carbonyl (C=O) groups excluding carboxylic acids is 1. The molecule has 0 atom stereocenters. The Labute approximate surface area is 78.8 Å². The van der Waals surface area contributed by atoms with Gasteiger partial charge >= 0.3 is 5.97 Å². The highest BCUT2D eigenvalue weighted by Crippen LogP contribution is 2.01. The van der Waals surface area contributed by atoms with Crippen LogP contribution in [0.1, 0.15) is 5.76 Å². The molecule has 0 aliphatic carbocycles. The van der Waals surface area contributed by atoms with E-state index in [-0.39, 0.29) is 11.5 Å². The number of oxime groups is 1. The van der Waals surface area contributed by atoms with Gasteiger partial charge in [-0.25, -0.2) is 4.79 Å². The molecule has 14 heavy (non-hydrogen) atoms. The molecule has 1 rings (SSSR count). The number of rotatable bonds is 5. The third kappa shape index (κ3) is 2.74. The number of aliphatic carboxylic acids is 1. The van der Waals surface area contributed by atoms with E-state index in [4.69, 9.17) is 9.52 Å². The first-order valence-corrected chi connectivity index (χ1v) is 3.58. The zero-order chi connectivity index (χ0) is 10.4. The molecule has 1 aromatic heterocycles. The summed E-state index contributed by atoms with van der Waals surface area (Å²) in [6.45, 7) is -0.619. The van der Waals surface area contributed by atoms with Crippen molar-refractivity contribution in [2.24, 2.45) is 5.16 Å². The zero-order valence-corrected chi connectivity index (χ0v) is 6.97. The molecule has 0 bridgehead atoms. The molecule has 0 saturated carbocycles. The van der Waals surface area contributed by atoms with Crippen molar-refractivity contribution in [1.82, 2.24) is 0 Å². The zero-order valence-electron chi connectivity index (χ0n) is 6.97. The number of hydrogen-bond acceptors (Lipinski definition) is 5. The summed E-state index contributed by atoms with van der Waals surface area (Å²) in [4.78, 5) is 24.7. The van der Waals surface area contributed by atoms with Gasteiger partial charge in [-0.3, -0.25) is 4.79 Å². The molecule has 0 aliphatic heterocycles. The number of carboxylic acids is 1. The van der Waals surface area contributed by atoms with E-state index in [1.807, 2.05) is 0 Å². The first-order valence-electron chi connectivity index (χ1n) is 3.58. The molecular formula is C8H6NO5. The number of hydrogen-bond donors (Lipinski definition) is 1. The van der Waals surface area contributed by atoms with E-state index < -0.39 is 12.6 Å². The Morgan fingerprint density at radius 2 is 2.50 bits per heavy atom. The van der Waals surface area contributed by atoms with E-state index in [0.717, 1.165) is 0 Å². The van der Waals surface area contributed by atoms with Crippen molar-refractivity contribution in [3.8, 4) is 0 Å². The Kier molecular flexibility index (Phi) is 3.42. The lowest BCUT2D eigenvalue weighted by atomic mass is 10.3. The van der Waals surface area contributed by atoms with Crippen LogP contribution in [0.25, 0.3) is 0 Å². The van der Waals surface area contributed by atoms with Gasteiger partial charge in [0.1, 0.15) is 0 Å². The van der Waals surface area contributed by atoms with Gasteiger partial charge in [-0.2, -0.15) is 0 Å². The van der Waals surface area contributed by atoms with Crippen LogP contribution in [0.4, 0.5) is 0 Å². The topological polar surface area (TPSA) is 89.1 Å². The van der Waals surface area contributed by atoms with Crippen molar-refractivity contribution in [3.05, 3.63) is 24.2 Å². The molecule has 0 unspecified atom stereocenters. The highest BCUT2D eigenvalue weighted by atomic mass is 16.6. The first kappa shape index (κ1) is 9.97. The van der Waals surface area contributed by atoms with Gasteiger partial charge in [-0.15, -0.1) is 0 Å². The lowest BCUT2D eigenvalue weighted by Crippen LogP contribution is -2.07. The predicted molar refractivity (Wildman–Crippen MR) is 44.5 cm³/mol. The largest absolute Gasteiger partial charge is 0.479 e. The average Bonchev–Trinajstić information content (AvgIpc) is 2.64. The van der Waals surface area contributed by atoms with Gasteiger partial charge in [0.15, 0.2) is 11.5 Å². The number of carboxylic acid groups (broad SMARTS) is 1. The summed E-state index contributed by atoms with van der Waals surface area (Å²) in [7, 11) is 0. The van der Waals surface area contributed by atoms with Gasteiger partial charge in [0.25, 0.3) is 6.29 Å². The summed E-state index contributed by atoms with van der Waals surface area (Å²) in [5, 5.41) is 11.5. The molecule has 6 nitrogen and oxygen atoms in total. The Hall–Kier alpha value is -2.11. The maximum atomic E-state index is 10.3. The predicted octanol–water partition coefficient (Wildman–Crippen LogP) is 0.195. The monoisotopic (exact) mass is 196 g/mol. The van der Waals surface area contributed by atoms with Crippen molar-refractivity contribution in [2.45, 2.75) is 0 Å². The first-order chi connectivity index (χ1) is 6.74. The highest BCUT2D eigenvalue weighted by molar-refractivity contribution is 6.35. The van der Waals surface area contributed by atoms with Crippen molar-refractivity contribution < 1.29 is 24.0 Å². The van der Waals surface area contributed by atoms with E-state index in [9.17, 15) is 9.59 Å². The minimum absolute atomic E-state index is 0.172. The average molecular weight is 196 g/mol. The SMILES string of the molecule is O=[C]C(=NOCC(=O)O)c1ccco1. The van der Waals surface area contributed by atoms with Crippen LogP contribution in [-0.2, 0) is 14.4 Å². The van der Waals surface area contributed by atoms with Crippen molar-refractivity contribution in [1.29, 1.82) is 0 Å². The van der Waals surface area contributed by atoms with E-state index in [2.05, 4.69) is 9.99 Å². The van der Waals surface area contributed by atoms with Gasteiger partial charge in [0.05, 0.1) is 6.26 Å². The minimum atomic E-state index is -1.18. The molecule has 0 spiro atoms. The van der Waals surface area contributed by atoms with Crippen molar-refractivity contribution in [2.75, 3.05) is 6.61 Å². The van der Waals surface area contributed by atoms with E-state index in [1.165, 1.54) is 18.6 Å². The fourth-order valence-electron chi connectivity index (χ4n) is 0.679. The molecule has 0 aromatic carbocycles. The summed E-state index contributed by atoms with van der Waals surface area (Å²) in [5.41, 5.74) is -0.212. The van der Waals surface area contributed by atoms with Gasteiger partial charge in [0, 0.05) is 0 Å². The Balaban J connectivity index is 2.63. The maximum Gasteiger partial charge on any atom is 0.344 e. The van der Waals surface area contributed by atoms with Crippen LogP contribution in [0.15, 0.2) is 28.0 Å². The minimum Gasteiger partial charge on any atom is -0.479 e. The molecule has 0 fully saturated rings. The Morgan fingerprint density at radius 1 is 1.71 bits per heavy atom. The van der Waals surface area contributed by atoms with Gasteiger partial charge in [-0.05, 0) is 12.1 Å². The fraction of sp³-hybridized carbons (Fsp3) is 0.125. The molecule has 6 heteroatoms. The molecule has 1 radical (unpaired) electrons.